The molecule has 108 valence electrons. The smallest absolute Gasteiger partial charge is 0.253 e. The molecule has 0 saturated heterocycles. The van der Waals surface area contributed by atoms with Crippen molar-refractivity contribution in [1.82, 2.24) is 4.90 Å². The molecule has 0 saturated carbocycles. The molecule has 2 heteroatoms. The van der Waals surface area contributed by atoms with E-state index in [1.54, 1.807) is 4.90 Å². The maximum Gasteiger partial charge on any atom is 0.253 e. The fourth-order valence-electron chi connectivity index (χ4n) is 2.02. The van der Waals surface area contributed by atoms with Gasteiger partial charge in [0.15, 0.2) is 0 Å². The van der Waals surface area contributed by atoms with E-state index in [4.69, 9.17) is 6.42 Å². The van der Waals surface area contributed by atoms with Gasteiger partial charge in [0, 0.05) is 11.8 Å². The van der Waals surface area contributed by atoms with E-state index >= 15 is 0 Å². The van der Waals surface area contributed by atoms with Crippen LogP contribution in [0.4, 0.5) is 0 Å². The molecular formula is C18H25NO. The van der Waals surface area contributed by atoms with Crippen molar-refractivity contribution >= 4 is 5.91 Å². The normalized spacial score (nSPS) is 27.1. The molecule has 0 spiro atoms. The quantitative estimate of drug-likeness (QED) is 0.520. The van der Waals surface area contributed by atoms with E-state index in [2.05, 4.69) is 38.8 Å². The van der Waals surface area contributed by atoms with Crippen molar-refractivity contribution in [3.05, 3.63) is 35.6 Å². The Morgan fingerprint density at radius 3 is 2.70 bits per heavy atom. The molecule has 20 heavy (non-hydrogen) atoms. The van der Waals surface area contributed by atoms with Crippen LogP contribution in [0.2, 0.25) is 0 Å². The second-order valence-electron chi connectivity index (χ2n) is 6.12. The van der Waals surface area contributed by atoms with Crippen LogP contribution in [0.25, 0.3) is 0 Å². The van der Waals surface area contributed by atoms with E-state index in [9.17, 15) is 4.79 Å². The van der Waals surface area contributed by atoms with Crippen LogP contribution in [0.5, 0.6) is 0 Å². The summed E-state index contributed by atoms with van der Waals surface area (Å²) in [6.45, 7) is 8.66. The summed E-state index contributed by atoms with van der Waals surface area (Å²) in [5.41, 5.74) is 2.16. The van der Waals surface area contributed by atoms with Crippen LogP contribution < -0.4 is 0 Å². The van der Waals surface area contributed by atoms with E-state index in [0.29, 0.717) is 6.54 Å². The van der Waals surface area contributed by atoms with Gasteiger partial charge in [-0.25, -0.2) is 0 Å². The summed E-state index contributed by atoms with van der Waals surface area (Å²) in [5, 5.41) is 0. The minimum Gasteiger partial charge on any atom is -0.304 e. The molecule has 2 nitrogen and oxygen atoms in total. The number of amides is 1. The molecule has 0 aromatic heterocycles. The van der Waals surface area contributed by atoms with Gasteiger partial charge in [-0.2, -0.15) is 0 Å². The van der Waals surface area contributed by atoms with Gasteiger partial charge in [0.1, 0.15) is 0 Å². The molecule has 1 rings (SSSR count). The van der Waals surface area contributed by atoms with Gasteiger partial charge in [0.2, 0.25) is 0 Å². The van der Waals surface area contributed by atoms with E-state index in [0.717, 1.165) is 24.8 Å². The number of hydrogen-bond acceptors (Lipinski definition) is 1. The zero-order valence-corrected chi connectivity index (χ0v) is 13.1. The highest BCUT2D eigenvalue weighted by Gasteiger charge is 2.16. The summed E-state index contributed by atoms with van der Waals surface area (Å²) in [4.78, 5) is 14.0. The lowest BCUT2D eigenvalue weighted by Gasteiger charge is -2.22. The van der Waals surface area contributed by atoms with E-state index < -0.39 is 0 Å². The number of carbonyl (C=O) groups excluding carboxylic acids is 1. The summed E-state index contributed by atoms with van der Waals surface area (Å²) < 4.78 is 0. The maximum absolute atomic E-state index is 12.3. The maximum atomic E-state index is 12.3. The predicted octanol–water partition coefficient (Wildman–Crippen LogP) is 4.06. The lowest BCUT2D eigenvalue weighted by atomic mass is 9.88. The third-order valence-electron chi connectivity index (χ3n) is 3.53. The number of nitrogens with zero attached hydrogens (tertiary/aromatic N) is 1. The zero-order chi connectivity index (χ0) is 15.2. The first-order chi connectivity index (χ1) is 9.35. The summed E-state index contributed by atoms with van der Waals surface area (Å²) in [6, 6.07) is 0. The summed E-state index contributed by atoms with van der Waals surface area (Å²) in [5.74, 6) is 2.55. The first-order valence-electron chi connectivity index (χ1n) is 7.12. The molecule has 0 aromatic carbocycles. The lowest BCUT2D eigenvalue weighted by molar-refractivity contribution is -0.124. The molecule has 0 aliphatic carbocycles. The second-order valence-corrected chi connectivity index (χ2v) is 6.12. The average Bonchev–Trinajstić information content (AvgIpc) is 2.39. The Kier molecular flexibility index (Phi) is 5.82. The first-order valence-corrected chi connectivity index (χ1v) is 7.12. The Bertz CT molecular complexity index is 486. The lowest BCUT2D eigenvalue weighted by Crippen LogP contribution is -2.27. The van der Waals surface area contributed by atoms with Crippen LogP contribution in [0, 0.1) is 17.8 Å². The Hall–Kier alpha value is -1.75. The molecule has 0 atom stereocenters. The molecule has 1 heterocycles. The first kappa shape index (κ1) is 16.3. The number of allylic oxidation sites excluding steroid dienone is 4. The van der Waals surface area contributed by atoms with Crippen LogP contribution in [0.3, 0.4) is 0 Å². The molecule has 1 amide bonds. The second kappa shape index (κ2) is 7.14. The summed E-state index contributed by atoms with van der Waals surface area (Å²) in [6.07, 6.45) is 16.4. The fourth-order valence-corrected chi connectivity index (χ4v) is 2.02. The van der Waals surface area contributed by atoms with Gasteiger partial charge in [0.25, 0.3) is 5.91 Å². The molecule has 0 radical (unpaired) electrons. The van der Waals surface area contributed by atoms with Crippen LogP contribution in [-0.2, 0) is 4.79 Å². The van der Waals surface area contributed by atoms with Crippen LogP contribution in [0.15, 0.2) is 35.6 Å². The highest BCUT2D eigenvalue weighted by molar-refractivity contribution is 5.93. The highest BCUT2D eigenvalue weighted by Crippen LogP contribution is 2.25. The third-order valence-corrected chi connectivity index (χ3v) is 3.53. The van der Waals surface area contributed by atoms with Gasteiger partial charge in [0.05, 0.1) is 6.54 Å². The number of terminal acetylenes is 1. The summed E-state index contributed by atoms with van der Waals surface area (Å²) in [7, 11) is 0. The molecule has 0 bridgehead atoms. The van der Waals surface area contributed by atoms with Crippen LogP contribution >= 0.6 is 0 Å². The Labute approximate surface area is 123 Å². The van der Waals surface area contributed by atoms with Crippen LogP contribution in [0.1, 0.15) is 47.0 Å². The highest BCUT2D eigenvalue weighted by atomic mass is 16.2. The van der Waals surface area contributed by atoms with Crippen molar-refractivity contribution in [3.8, 4) is 12.3 Å². The SMILES string of the molecule is C#CCN1/C=C\C(C)(C)C/C=C(/C)CC/C=C(/C)C1=O. The monoisotopic (exact) mass is 271 g/mol. The Morgan fingerprint density at radius 2 is 2.05 bits per heavy atom. The van der Waals surface area contributed by atoms with Crippen molar-refractivity contribution in [2.75, 3.05) is 6.54 Å². The number of rotatable bonds is 1. The molecule has 0 aromatic rings. The standard InChI is InChI=1S/C18H25NO/c1-6-13-19-14-12-18(4,5)11-10-15(2)8-7-9-16(3)17(19)20/h1,9-10,12,14H,7-8,11,13H2,2-5H3/b14-12-,15-10-,16-9-. The number of carbonyl (C=O) groups is 1. The molecule has 0 N–H and O–H groups in total. The van der Waals surface area contributed by atoms with Crippen molar-refractivity contribution in [2.24, 2.45) is 5.41 Å². The van der Waals surface area contributed by atoms with Gasteiger partial charge in [-0.1, -0.05) is 43.6 Å². The van der Waals surface area contributed by atoms with Crippen molar-refractivity contribution in [1.29, 1.82) is 0 Å². The van der Waals surface area contributed by atoms with Gasteiger partial charge in [-0.3, -0.25) is 4.79 Å². The van der Waals surface area contributed by atoms with Gasteiger partial charge < -0.3 is 4.90 Å². The average molecular weight is 271 g/mol. The fraction of sp³-hybridized carbons (Fsp3) is 0.500. The van der Waals surface area contributed by atoms with E-state index in [-0.39, 0.29) is 11.3 Å². The van der Waals surface area contributed by atoms with E-state index in [1.807, 2.05) is 19.2 Å². The number of hydrogen-bond donors (Lipinski definition) is 0. The minimum absolute atomic E-state index is 0.00259. The van der Waals surface area contributed by atoms with Gasteiger partial charge in [-0.05, 0) is 38.5 Å². The topological polar surface area (TPSA) is 20.3 Å². The van der Waals surface area contributed by atoms with Crippen LogP contribution in [-0.4, -0.2) is 17.4 Å². The predicted molar refractivity (Wildman–Crippen MR) is 84.8 cm³/mol. The molecule has 1 aliphatic rings. The molecular weight excluding hydrogens is 246 g/mol. The largest absolute Gasteiger partial charge is 0.304 e. The van der Waals surface area contributed by atoms with Crippen molar-refractivity contribution in [3.63, 3.8) is 0 Å². The van der Waals surface area contributed by atoms with Crippen molar-refractivity contribution in [2.45, 2.75) is 47.0 Å². The van der Waals surface area contributed by atoms with Gasteiger partial charge in [-0.15, -0.1) is 6.42 Å². The molecule has 0 unspecified atom stereocenters. The molecule has 1 aliphatic heterocycles. The minimum atomic E-state index is -0.00259. The van der Waals surface area contributed by atoms with E-state index in [1.165, 1.54) is 5.57 Å². The zero-order valence-electron chi connectivity index (χ0n) is 13.1. The third kappa shape index (κ3) is 5.09. The molecule has 0 fully saturated rings. The summed E-state index contributed by atoms with van der Waals surface area (Å²) >= 11 is 0. The van der Waals surface area contributed by atoms with Gasteiger partial charge >= 0.3 is 0 Å². The van der Waals surface area contributed by atoms with Crippen molar-refractivity contribution < 1.29 is 4.79 Å². The Balaban J connectivity index is 3.09. The Morgan fingerprint density at radius 1 is 1.35 bits per heavy atom.